The van der Waals surface area contributed by atoms with Crippen molar-refractivity contribution < 1.29 is 23.9 Å². The van der Waals surface area contributed by atoms with Crippen LogP contribution < -0.4 is 0 Å². The SMILES string of the molecule is CCCCCC(C=O)(CCC(=O)OC)CCC(=O)OC. The van der Waals surface area contributed by atoms with Crippen molar-refractivity contribution in [2.24, 2.45) is 5.41 Å². The Labute approximate surface area is 121 Å². The third-order valence-corrected chi connectivity index (χ3v) is 3.64. The Morgan fingerprint density at radius 2 is 1.45 bits per heavy atom. The highest BCUT2D eigenvalue weighted by atomic mass is 16.5. The Kier molecular flexibility index (Phi) is 9.68. The van der Waals surface area contributed by atoms with Crippen LogP contribution in [-0.2, 0) is 23.9 Å². The highest BCUT2D eigenvalue weighted by molar-refractivity contribution is 5.72. The van der Waals surface area contributed by atoms with Gasteiger partial charge in [0.2, 0.25) is 0 Å². The fraction of sp³-hybridized carbons (Fsp3) is 0.800. The third-order valence-electron chi connectivity index (χ3n) is 3.64. The van der Waals surface area contributed by atoms with Gasteiger partial charge in [-0.15, -0.1) is 0 Å². The Morgan fingerprint density at radius 1 is 0.950 bits per heavy atom. The molecule has 5 heteroatoms. The summed E-state index contributed by atoms with van der Waals surface area (Å²) in [7, 11) is 2.66. The Bertz CT molecular complexity index is 291. The van der Waals surface area contributed by atoms with E-state index in [0.29, 0.717) is 19.3 Å². The molecule has 0 amide bonds. The summed E-state index contributed by atoms with van der Waals surface area (Å²) in [6, 6.07) is 0. The molecule has 0 spiro atoms. The molecule has 0 aromatic heterocycles. The van der Waals surface area contributed by atoms with Crippen molar-refractivity contribution >= 4 is 18.2 Å². The molecule has 0 rings (SSSR count). The van der Waals surface area contributed by atoms with E-state index in [1.165, 1.54) is 14.2 Å². The second-order valence-electron chi connectivity index (χ2n) is 5.09. The monoisotopic (exact) mass is 286 g/mol. The smallest absolute Gasteiger partial charge is 0.305 e. The van der Waals surface area contributed by atoms with Gasteiger partial charge in [-0.2, -0.15) is 0 Å². The minimum Gasteiger partial charge on any atom is -0.469 e. The predicted molar refractivity (Wildman–Crippen MR) is 75.1 cm³/mol. The number of hydrogen-bond acceptors (Lipinski definition) is 5. The summed E-state index contributed by atoms with van der Waals surface area (Å²) in [5.41, 5.74) is -0.627. The molecule has 0 aliphatic heterocycles. The molecule has 0 heterocycles. The van der Waals surface area contributed by atoms with Crippen LogP contribution in [-0.4, -0.2) is 32.4 Å². The Hall–Kier alpha value is -1.39. The first-order valence-electron chi connectivity index (χ1n) is 7.13. The van der Waals surface area contributed by atoms with Gasteiger partial charge in [-0.05, 0) is 19.3 Å². The van der Waals surface area contributed by atoms with E-state index in [9.17, 15) is 14.4 Å². The molecule has 0 radical (unpaired) electrons. The van der Waals surface area contributed by atoms with Crippen molar-refractivity contribution in [1.82, 2.24) is 0 Å². The first kappa shape index (κ1) is 18.6. The van der Waals surface area contributed by atoms with Gasteiger partial charge in [0.05, 0.1) is 14.2 Å². The van der Waals surface area contributed by atoms with Crippen LogP contribution in [0.25, 0.3) is 0 Å². The van der Waals surface area contributed by atoms with E-state index < -0.39 is 5.41 Å². The molecular formula is C15H26O5. The molecule has 20 heavy (non-hydrogen) atoms. The molecule has 0 aliphatic carbocycles. The normalized spacial score (nSPS) is 10.9. The van der Waals surface area contributed by atoms with Gasteiger partial charge >= 0.3 is 11.9 Å². The number of unbranched alkanes of at least 4 members (excludes halogenated alkanes) is 2. The number of hydrogen-bond donors (Lipinski definition) is 0. The molecule has 0 aromatic rings. The average Bonchev–Trinajstić information content (AvgIpc) is 2.49. The maximum Gasteiger partial charge on any atom is 0.305 e. The minimum absolute atomic E-state index is 0.197. The number of esters is 2. The van der Waals surface area contributed by atoms with Gasteiger partial charge in [0.1, 0.15) is 6.29 Å². The van der Waals surface area contributed by atoms with Crippen LogP contribution >= 0.6 is 0 Å². The molecule has 0 atom stereocenters. The molecule has 0 aliphatic rings. The maximum absolute atomic E-state index is 11.5. The average molecular weight is 286 g/mol. The summed E-state index contributed by atoms with van der Waals surface area (Å²) in [6.07, 6.45) is 5.83. The van der Waals surface area contributed by atoms with Gasteiger partial charge in [0.25, 0.3) is 0 Å². The highest BCUT2D eigenvalue weighted by Gasteiger charge is 2.30. The molecule has 0 fully saturated rings. The van der Waals surface area contributed by atoms with Crippen LogP contribution in [0, 0.1) is 5.41 Å². The molecular weight excluding hydrogens is 260 g/mol. The van der Waals surface area contributed by atoms with E-state index >= 15 is 0 Å². The standard InChI is InChI=1S/C15H26O5/c1-4-5-6-9-15(12-16,10-7-13(17)19-2)11-8-14(18)20-3/h12H,4-11H2,1-3H3. The van der Waals surface area contributed by atoms with E-state index in [-0.39, 0.29) is 24.8 Å². The maximum atomic E-state index is 11.5. The van der Waals surface area contributed by atoms with Crippen molar-refractivity contribution in [3.63, 3.8) is 0 Å². The van der Waals surface area contributed by atoms with Gasteiger partial charge in [0.15, 0.2) is 0 Å². The largest absolute Gasteiger partial charge is 0.469 e. The summed E-state index contributed by atoms with van der Waals surface area (Å²) in [6.45, 7) is 2.09. The van der Waals surface area contributed by atoms with Gasteiger partial charge in [0, 0.05) is 18.3 Å². The first-order valence-corrected chi connectivity index (χ1v) is 7.13. The second kappa shape index (κ2) is 10.4. The third kappa shape index (κ3) is 7.26. The summed E-state index contributed by atoms with van der Waals surface area (Å²) < 4.78 is 9.23. The zero-order chi connectivity index (χ0) is 15.4. The first-order chi connectivity index (χ1) is 9.53. The van der Waals surface area contributed by atoms with E-state index in [1.807, 2.05) is 0 Å². The highest BCUT2D eigenvalue weighted by Crippen LogP contribution is 2.34. The van der Waals surface area contributed by atoms with Gasteiger partial charge < -0.3 is 14.3 Å². The molecule has 0 aromatic carbocycles. The molecule has 116 valence electrons. The Balaban J connectivity index is 4.63. The minimum atomic E-state index is -0.627. The molecule has 0 saturated heterocycles. The van der Waals surface area contributed by atoms with Crippen molar-refractivity contribution in [3.05, 3.63) is 0 Å². The molecule has 0 bridgehead atoms. The summed E-state index contributed by atoms with van der Waals surface area (Å²) in [5.74, 6) is -0.658. The van der Waals surface area contributed by atoms with Crippen LogP contribution in [0.5, 0.6) is 0 Å². The van der Waals surface area contributed by atoms with Crippen LogP contribution in [0.1, 0.15) is 58.3 Å². The zero-order valence-electron chi connectivity index (χ0n) is 12.8. The van der Waals surface area contributed by atoms with Crippen molar-refractivity contribution in [2.75, 3.05) is 14.2 Å². The van der Waals surface area contributed by atoms with Crippen LogP contribution in [0.15, 0.2) is 0 Å². The van der Waals surface area contributed by atoms with Gasteiger partial charge in [-0.1, -0.05) is 26.2 Å². The summed E-state index contributed by atoms with van der Waals surface area (Å²) >= 11 is 0. The number of rotatable bonds is 11. The van der Waals surface area contributed by atoms with Crippen LogP contribution in [0.4, 0.5) is 0 Å². The molecule has 0 saturated carbocycles. The number of aldehydes is 1. The number of carbonyl (C=O) groups excluding carboxylic acids is 3. The lowest BCUT2D eigenvalue weighted by Crippen LogP contribution is -2.25. The van der Waals surface area contributed by atoms with E-state index in [0.717, 1.165) is 25.5 Å². The second-order valence-corrected chi connectivity index (χ2v) is 5.09. The summed E-state index contributed by atoms with van der Waals surface area (Å²) in [4.78, 5) is 34.1. The lowest BCUT2D eigenvalue weighted by atomic mass is 9.76. The lowest BCUT2D eigenvalue weighted by Gasteiger charge is -2.27. The fourth-order valence-electron chi connectivity index (χ4n) is 2.18. The van der Waals surface area contributed by atoms with E-state index in [2.05, 4.69) is 16.4 Å². The van der Waals surface area contributed by atoms with Crippen molar-refractivity contribution in [3.8, 4) is 0 Å². The lowest BCUT2D eigenvalue weighted by molar-refractivity contribution is -0.142. The molecule has 0 N–H and O–H groups in total. The van der Waals surface area contributed by atoms with E-state index in [4.69, 9.17) is 0 Å². The predicted octanol–water partition coefficient (Wildman–Crippen LogP) is 2.66. The van der Waals surface area contributed by atoms with E-state index in [1.54, 1.807) is 0 Å². The Morgan fingerprint density at radius 3 is 1.80 bits per heavy atom. The number of ether oxygens (including phenoxy) is 2. The van der Waals surface area contributed by atoms with Crippen LogP contribution in [0.3, 0.4) is 0 Å². The van der Waals surface area contributed by atoms with Crippen molar-refractivity contribution in [1.29, 1.82) is 0 Å². The number of methoxy groups -OCH3 is 2. The topological polar surface area (TPSA) is 69.7 Å². The molecule has 5 nitrogen and oxygen atoms in total. The van der Waals surface area contributed by atoms with Gasteiger partial charge in [-0.25, -0.2) is 0 Å². The molecule has 0 unspecified atom stereocenters. The van der Waals surface area contributed by atoms with Crippen LogP contribution in [0.2, 0.25) is 0 Å². The zero-order valence-corrected chi connectivity index (χ0v) is 12.8. The fourth-order valence-corrected chi connectivity index (χ4v) is 2.18. The quantitative estimate of drug-likeness (QED) is 0.332. The summed E-state index contributed by atoms with van der Waals surface area (Å²) in [5, 5.41) is 0. The van der Waals surface area contributed by atoms with Crippen molar-refractivity contribution in [2.45, 2.75) is 58.3 Å². The van der Waals surface area contributed by atoms with Gasteiger partial charge in [-0.3, -0.25) is 9.59 Å². The number of carbonyl (C=O) groups is 3.